The van der Waals surface area contributed by atoms with Gasteiger partial charge in [0.25, 0.3) is 0 Å². The van der Waals surface area contributed by atoms with Gasteiger partial charge in [-0.25, -0.2) is 14.4 Å². The van der Waals surface area contributed by atoms with Crippen LogP contribution in [0.15, 0.2) is 41.5 Å². The number of halogens is 5. The number of nitrogens with zero attached hydrogens (tertiary/aromatic N) is 3. The summed E-state index contributed by atoms with van der Waals surface area (Å²) in [5.74, 6) is 0.0667. The molecule has 0 spiro atoms. The zero-order chi connectivity index (χ0) is 21.3. The van der Waals surface area contributed by atoms with Gasteiger partial charge in [-0.05, 0) is 25.1 Å². The van der Waals surface area contributed by atoms with Crippen LogP contribution in [0.2, 0.25) is 0 Å². The highest BCUT2D eigenvalue weighted by molar-refractivity contribution is 14.0. The number of benzene rings is 1. The first-order valence-corrected chi connectivity index (χ1v) is 8.79. The van der Waals surface area contributed by atoms with E-state index < -0.39 is 17.7 Å². The van der Waals surface area contributed by atoms with Gasteiger partial charge in [0.2, 0.25) is 5.95 Å². The van der Waals surface area contributed by atoms with Gasteiger partial charge in [-0.1, -0.05) is 12.1 Å². The van der Waals surface area contributed by atoms with Gasteiger partial charge in [-0.3, -0.25) is 4.99 Å². The van der Waals surface area contributed by atoms with Crippen molar-refractivity contribution in [2.45, 2.75) is 19.2 Å². The van der Waals surface area contributed by atoms with Crippen LogP contribution < -0.4 is 20.7 Å². The fraction of sp³-hybridized carbons (Fsp3) is 0.389. The van der Waals surface area contributed by atoms with Crippen molar-refractivity contribution in [2.75, 3.05) is 32.0 Å². The second kappa shape index (κ2) is 12.3. The molecule has 0 aliphatic rings. The second-order valence-electron chi connectivity index (χ2n) is 5.93. The number of anilines is 1. The third-order valence-electron chi connectivity index (χ3n) is 3.59. The van der Waals surface area contributed by atoms with Crippen molar-refractivity contribution >= 4 is 35.9 Å². The van der Waals surface area contributed by atoms with Crippen LogP contribution in [-0.2, 0) is 6.18 Å². The van der Waals surface area contributed by atoms with Crippen LogP contribution in [0, 0.1) is 5.82 Å². The molecule has 0 saturated heterocycles. The monoisotopic (exact) mass is 542 g/mol. The molecule has 3 N–H and O–H groups in total. The van der Waals surface area contributed by atoms with E-state index in [9.17, 15) is 17.6 Å². The highest BCUT2D eigenvalue weighted by atomic mass is 127. The predicted molar refractivity (Wildman–Crippen MR) is 117 cm³/mol. The zero-order valence-corrected chi connectivity index (χ0v) is 18.7. The summed E-state index contributed by atoms with van der Waals surface area (Å²) in [4.78, 5) is 11.2. The Hall–Kier alpha value is -2.38. The molecule has 0 aliphatic carbocycles. The molecule has 1 aromatic carbocycles. The number of alkyl halides is 3. The average Bonchev–Trinajstić information content (AvgIpc) is 2.69. The lowest BCUT2D eigenvalue weighted by Crippen LogP contribution is -2.43. The predicted octanol–water partition coefficient (Wildman–Crippen LogP) is 3.30. The second-order valence-corrected chi connectivity index (χ2v) is 5.93. The van der Waals surface area contributed by atoms with Crippen LogP contribution in [0.25, 0.3) is 0 Å². The standard InChI is InChI=1S/C18H22F4N6O.HI/c1-12(29-14-6-4-3-5-13(14)19)11-27-16(23-2)25-9-10-26-17-24-8-7-15(28-17)18(20,21)22;/h3-8,12H,9-11H2,1-2H3,(H2,23,25,27)(H,24,26,28);1H. The third kappa shape index (κ3) is 8.55. The highest BCUT2D eigenvalue weighted by Gasteiger charge is 2.32. The lowest BCUT2D eigenvalue weighted by Gasteiger charge is -2.18. The van der Waals surface area contributed by atoms with Crippen LogP contribution in [0.1, 0.15) is 12.6 Å². The van der Waals surface area contributed by atoms with Gasteiger partial charge in [-0.15, -0.1) is 24.0 Å². The van der Waals surface area contributed by atoms with E-state index >= 15 is 0 Å². The van der Waals surface area contributed by atoms with Crippen LogP contribution >= 0.6 is 24.0 Å². The fourth-order valence-electron chi connectivity index (χ4n) is 2.22. The Morgan fingerprint density at radius 2 is 1.90 bits per heavy atom. The Morgan fingerprint density at radius 3 is 2.57 bits per heavy atom. The van der Waals surface area contributed by atoms with Gasteiger partial charge in [0.05, 0.1) is 6.54 Å². The average molecular weight is 542 g/mol. The summed E-state index contributed by atoms with van der Waals surface area (Å²) in [7, 11) is 1.57. The molecule has 1 aromatic heterocycles. The first kappa shape index (κ1) is 25.7. The Morgan fingerprint density at radius 1 is 1.17 bits per heavy atom. The molecule has 1 heterocycles. The molecule has 30 heavy (non-hydrogen) atoms. The first-order chi connectivity index (χ1) is 13.8. The molecule has 166 valence electrons. The summed E-state index contributed by atoms with van der Waals surface area (Å²) < 4.78 is 57.0. The normalized spacial score (nSPS) is 12.5. The Kier molecular flexibility index (Phi) is 10.6. The highest BCUT2D eigenvalue weighted by Crippen LogP contribution is 2.27. The van der Waals surface area contributed by atoms with Gasteiger partial charge in [0.1, 0.15) is 11.8 Å². The molecule has 1 atom stereocenters. The van der Waals surface area contributed by atoms with Crippen molar-refractivity contribution in [3.8, 4) is 5.75 Å². The molecular weight excluding hydrogens is 519 g/mol. The van der Waals surface area contributed by atoms with E-state index in [0.717, 1.165) is 12.3 Å². The van der Waals surface area contributed by atoms with Gasteiger partial charge in [0, 0.05) is 26.3 Å². The minimum absolute atomic E-state index is 0. The number of aliphatic imine (C=N–C) groups is 1. The van der Waals surface area contributed by atoms with Crippen molar-refractivity contribution in [3.63, 3.8) is 0 Å². The molecule has 1 unspecified atom stereocenters. The van der Waals surface area contributed by atoms with Crippen molar-refractivity contribution in [1.82, 2.24) is 20.6 Å². The maximum Gasteiger partial charge on any atom is 0.433 e. The van der Waals surface area contributed by atoms with Crippen molar-refractivity contribution < 1.29 is 22.3 Å². The van der Waals surface area contributed by atoms with Gasteiger partial charge in [0.15, 0.2) is 17.5 Å². The van der Waals surface area contributed by atoms with Crippen molar-refractivity contribution in [3.05, 3.63) is 48.0 Å². The Bertz CT molecular complexity index is 821. The van der Waals surface area contributed by atoms with E-state index in [0.29, 0.717) is 19.0 Å². The molecule has 2 rings (SSSR count). The molecule has 0 saturated carbocycles. The molecule has 0 bridgehead atoms. The molecule has 0 amide bonds. The third-order valence-corrected chi connectivity index (χ3v) is 3.59. The van der Waals surface area contributed by atoms with Crippen LogP contribution in [-0.4, -0.2) is 48.7 Å². The quantitative estimate of drug-likeness (QED) is 0.156. The lowest BCUT2D eigenvalue weighted by atomic mass is 10.3. The van der Waals surface area contributed by atoms with E-state index in [1.165, 1.54) is 6.07 Å². The van der Waals surface area contributed by atoms with E-state index in [4.69, 9.17) is 4.74 Å². The smallest absolute Gasteiger partial charge is 0.433 e. The van der Waals surface area contributed by atoms with Gasteiger partial charge < -0.3 is 20.7 Å². The van der Waals surface area contributed by atoms with E-state index in [-0.39, 0.29) is 48.3 Å². The number of guanidine groups is 1. The Balaban J connectivity index is 0.00000450. The van der Waals surface area contributed by atoms with E-state index in [1.54, 1.807) is 32.2 Å². The van der Waals surface area contributed by atoms with Crippen molar-refractivity contribution in [2.24, 2.45) is 4.99 Å². The summed E-state index contributed by atoms with van der Waals surface area (Å²) in [6, 6.07) is 6.92. The summed E-state index contributed by atoms with van der Waals surface area (Å²) >= 11 is 0. The van der Waals surface area contributed by atoms with Gasteiger partial charge >= 0.3 is 6.18 Å². The lowest BCUT2D eigenvalue weighted by molar-refractivity contribution is -0.141. The van der Waals surface area contributed by atoms with E-state index in [2.05, 4.69) is 30.9 Å². The van der Waals surface area contributed by atoms with Crippen molar-refractivity contribution in [1.29, 1.82) is 0 Å². The molecule has 0 aliphatic heterocycles. The van der Waals surface area contributed by atoms with E-state index in [1.807, 2.05) is 0 Å². The maximum absolute atomic E-state index is 13.6. The molecule has 2 aromatic rings. The number of para-hydroxylation sites is 1. The minimum Gasteiger partial charge on any atom is -0.486 e. The molecule has 12 heteroatoms. The molecular formula is C18H23F4IN6O. The molecule has 7 nitrogen and oxygen atoms in total. The summed E-state index contributed by atoms with van der Waals surface area (Å²) in [6.07, 6.45) is -3.81. The summed E-state index contributed by atoms with van der Waals surface area (Å²) in [5, 5.41) is 8.71. The largest absolute Gasteiger partial charge is 0.486 e. The number of nitrogens with one attached hydrogen (secondary N) is 3. The molecule has 0 fully saturated rings. The summed E-state index contributed by atoms with van der Waals surface area (Å²) in [6.45, 7) is 2.75. The number of hydrogen-bond acceptors (Lipinski definition) is 5. The Labute approximate surface area is 188 Å². The SMILES string of the molecule is CN=C(NCCNc1nccc(C(F)(F)F)n1)NCC(C)Oc1ccccc1F.I. The van der Waals surface area contributed by atoms with Crippen LogP contribution in [0.4, 0.5) is 23.5 Å². The summed E-state index contributed by atoms with van der Waals surface area (Å²) in [5.41, 5.74) is -1.01. The maximum atomic E-state index is 13.6. The van der Waals surface area contributed by atoms with Gasteiger partial charge in [-0.2, -0.15) is 13.2 Å². The number of ether oxygens (including phenoxy) is 1. The van der Waals surface area contributed by atoms with Crippen LogP contribution in [0.5, 0.6) is 5.75 Å². The number of hydrogen-bond donors (Lipinski definition) is 3. The molecule has 0 radical (unpaired) electrons. The topological polar surface area (TPSA) is 83.5 Å². The zero-order valence-electron chi connectivity index (χ0n) is 16.3. The minimum atomic E-state index is -4.52. The number of rotatable bonds is 8. The first-order valence-electron chi connectivity index (χ1n) is 8.79. The fourth-order valence-corrected chi connectivity index (χ4v) is 2.22. The number of aromatic nitrogens is 2. The van der Waals surface area contributed by atoms with Crippen LogP contribution in [0.3, 0.4) is 0 Å².